The molecule has 0 aromatic rings. The number of carbonyl (C=O) groups is 1. The summed E-state index contributed by atoms with van der Waals surface area (Å²) in [4.78, 5) is 12.0. The lowest BCUT2D eigenvalue weighted by Gasteiger charge is -2.45. The molecule has 136 valence electrons. The molecule has 5 N–H and O–H groups in total. The average molecular weight is 334 g/mol. The Morgan fingerprint density at radius 3 is 2.26 bits per heavy atom. The lowest BCUT2D eigenvalue weighted by Crippen LogP contribution is -2.65. The van der Waals surface area contributed by atoms with E-state index in [1.54, 1.807) is 0 Å². The molecule has 0 spiro atoms. The van der Waals surface area contributed by atoms with E-state index in [0.29, 0.717) is 6.42 Å². The van der Waals surface area contributed by atoms with Crippen LogP contribution in [0.1, 0.15) is 58.3 Å². The van der Waals surface area contributed by atoms with Crippen LogP contribution in [0, 0.1) is 0 Å². The molecular formula is C16H30O7. The van der Waals surface area contributed by atoms with Crippen LogP contribution in [0.2, 0.25) is 0 Å². The Morgan fingerprint density at radius 2 is 1.65 bits per heavy atom. The fourth-order valence-electron chi connectivity index (χ4n) is 2.84. The molecule has 7 heteroatoms. The van der Waals surface area contributed by atoms with E-state index in [2.05, 4.69) is 6.92 Å². The van der Waals surface area contributed by atoms with Crippen LogP contribution in [0.4, 0.5) is 0 Å². The zero-order valence-electron chi connectivity index (χ0n) is 13.7. The van der Waals surface area contributed by atoms with Crippen molar-refractivity contribution in [2.24, 2.45) is 0 Å². The molecule has 1 aliphatic rings. The number of ether oxygens (including phenoxy) is 1. The minimum atomic E-state index is -2.29. The van der Waals surface area contributed by atoms with E-state index >= 15 is 0 Å². The van der Waals surface area contributed by atoms with Crippen LogP contribution in [-0.4, -0.2) is 68.1 Å². The third-order valence-electron chi connectivity index (χ3n) is 4.31. The Morgan fingerprint density at radius 1 is 1.04 bits per heavy atom. The van der Waals surface area contributed by atoms with Crippen LogP contribution in [0.25, 0.3) is 0 Å². The first-order valence-electron chi connectivity index (χ1n) is 8.42. The van der Waals surface area contributed by atoms with Crippen molar-refractivity contribution >= 4 is 5.78 Å². The van der Waals surface area contributed by atoms with Crippen LogP contribution in [0.3, 0.4) is 0 Å². The minimum absolute atomic E-state index is 0.257. The zero-order valence-corrected chi connectivity index (χ0v) is 13.7. The summed E-state index contributed by atoms with van der Waals surface area (Å²) < 4.78 is 5.07. The highest BCUT2D eigenvalue weighted by atomic mass is 16.7. The van der Waals surface area contributed by atoms with Crippen LogP contribution < -0.4 is 0 Å². The zero-order chi connectivity index (χ0) is 17.5. The second-order valence-corrected chi connectivity index (χ2v) is 6.34. The van der Waals surface area contributed by atoms with Crippen molar-refractivity contribution in [1.29, 1.82) is 0 Å². The van der Waals surface area contributed by atoms with Crippen molar-refractivity contribution in [1.82, 2.24) is 0 Å². The second kappa shape index (κ2) is 9.66. The van der Waals surface area contributed by atoms with E-state index in [1.807, 2.05) is 0 Å². The minimum Gasteiger partial charge on any atom is -0.394 e. The normalized spacial score (nSPS) is 34.5. The van der Waals surface area contributed by atoms with E-state index in [-0.39, 0.29) is 12.2 Å². The summed E-state index contributed by atoms with van der Waals surface area (Å²) >= 11 is 0. The Balaban J connectivity index is 2.45. The molecule has 1 aliphatic heterocycles. The Labute approximate surface area is 136 Å². The smallest absolute Gasteiger partial charge is 0.202 e. The van der Waals surface area contributed by atoms with Gasteiger partial charge in [-0.1, -0.05) is 39.0 Å². The first kappa shape index (κ1) is 20.5. The number of unbranched alkanes of at least 4 members (excludes halogenated alkanes) is 5. The van der Waals surface area contributed by atoms with Gasteiger partial charge in [0.1, 0.15) is 30.2 Å². The van der Waals surface area contributed by atoms with Crippen molar-refractivity contribution in [3.63, 3.8) is 0 Å². The summed E-state index contributed by atoms with van der Waals surface area (Å²) in [7, 11) is 0. The van der Waals surface area contributed by atoms with Crippen molar-refractivity contribution < 1.29 is 35.1 Å². The lowest BCUT2D eigenvalue weighted by molar-refractivity contribution is -0.347. The molecule has 1 heterocycles. The number of carbonyl (C=O) groups excluding carboxylic acids is 1. The van der Waals surface area contributed by atoms with Crippen LogP contribution in [0.5, 0.6) is 0 Å². The quantitative estimate of drug-likeness (QED) is 0.352. The van der Waals surface area contributed by atoms with Gasteiger partial charge in [0.2, 0.25) is 5.79 Å². The van der Waals surface area contributed by atoms with Crippen molar-refractivity contribution in [2.75, 3.05) is 6.61 Å². The maximum Gasteiger partial charge on any atom is 0.202 e. The fraction of sp³-hybridized carbons (Fsp3) is 0.938. The molecule has 0 aromatic heterocycles. The molecule has 0 aliphatic carbocycles. The summed E-state index contributed by atoms with van der Waals surface area (Å²) in [6, 6.07) is 0. The second-order valence-electron chi connectivity index (χ2n) is 6.34. The maximum atomic E-state index is 12.0. The molecule has 0 aromatic carbocycles. The molecular weight excluding hydrogens is 304 g/mol. The summed E-state index contributed by atoms with van der Waals surface area (Å²) in [6.07, 6.45) is -0.349. The highest BCUT2D eigenvalue weighted by Gasteiger charge is 2.53. The molecule has 0 radical (unpaired) electrons. The molecule has 0 amide bonds. The predicted molar refractivity (Wildman–Crippen MR) is 82.5 cm³/mol. The number of Topliss-reactive ketones (excluding diaryl/α,β-unsaturated/α-hetero) is 1. The van der Waals surface area contributed by atoms with Crippen molar-refractivity contribution in [3.05, 3.63) is 0 Å². The third-order valence-corrected chi connectivity index (χ3v) is 4.31. The fourth-order valence-corrected chi connectivity index (χ4v) is 2.84. The van der Waals surface area contributed by atoms with E-state index in [0.717, 1.165) is 25.7 Å². The summed E-state index contributed by atoms with van der Waals surface area (Å²) in [6.45, 7) is 1.49. The molecule has 7 nitrogen and oxygen atoms in total. The van der Waals surface area contributed by atoms with E-state index < -0.39 is 43.2 Å². The molecule has 23 heavy (non-hydrogen) atoms. The number of aliphatic hydroxyl groups excluding tert-OH is 4. The molecule has 5 atom stereocenters. The molecule has 0 unspecified atom stereocenters. The van der Waals surface area contributed by atoms with Crippen LogP contribution in [0.15, 0.2) is 0 Å². The topological polar surface area (TPSA) is 127 Å². The first-order valence-corrected chi connectivity index (χ1v) is 8.42. The Hall–Kier alpha value is -0.570. The number of aliphatic hydroxyl groups is 5. The van der Waals surface area contributed by atoms with Gasteiger partial charge in [-0.25, -0.2) is 0 Å². The number of hydrogen-bond acceptors (Lipinski definition) is 7. The van der Waals surface area contributed by atoms with Crippen LogP contribution in [-0.2, 0) is 9.53 Å². The highest BCUT2D eigenvalue weighted by molar-refractivity contribution is 5.79. The first-order chi connectivity index (χ1) is 10.9. The van der Waals surface area contributed by atoms with Gasteiger partial charge in [0, 0.05) is 6.42 Å². The number of ketones is 1. The van der Waals surface area contributed by atoms with Gasteiger partial charge in [-0.15, -0.1) is 0 Å². The van der Waals surface area contributed by atoms with Gasteiger partial charge in [0.05, 0.1) is 13.0 Å². The Kier molecular flexibility index (Phi) is 8.60. The molecule has 1 fully saturated rings. The van der Waals surface area contributed by atoms with Gasteiger partial charge in [0.15, 0.2) is 0 Å². The van der Waals surface area contributed by atoms with Crippen molar-refractivity contribution in [2.45, 2.75) is 88.5 Å². The van der Waals surface area contributed by atoms with E-state index in [4.69, 9.17) is 9.84 Å². The van der Waals surface area contributed by atoms with Gasteiger partial charge in [-0.05, 0) is 6.42 Å². The monoisotopic (exact) mass is 334 g/mol. The largest absolute Gasteiger partial charge is 0.394 e. The van der Waals surface area contributed by atoms with Gasteiger partial charge in [-0.3, -0.25) is 4.79 Å². The highest BCUT2D eigenvalue weighted by Crippen LogP contribution is 2.31. The predicted octanol–water partition coefficient (Wildman–Crippen LogP) is -0.141. The Bertz CT molecular complexity index is 360. The van der Waals surface area contributed by atoms with Gasteiger partial charge in [-0.2, -0.15) is 0 Å². The van der Waals surface area contributed by atoms with Crippen LogP contribution >= 0.6 is 0 Å². The number of hydrogen-bond donors (Lipinski definition) is 5. The summed E-state index contributed by atoms with van der Waals surface area (Å²) in [5.74, 6) is -2.58. The van der Waals surface area contributed by atoms with Gasteiger partial charge < -0.3 is 30.3 Å². The SMILES string of the molecule is CCCCCCCCC(=O)C[C@]1(O)O[C@H](CO)[C@H](O)[C@H](O)[C@H]1O. The standard InChI is InChI=1S/C16H30O7/c1-2-3-4-5-6-7-8-11(18)9-16(22)15(21)14(20)13(19)12(10-17)23-16/h12-15,17,19-22H,2-10H2,1H3/t12-,13+,14+,15-,16+/m1/s1. The molecule has 0 saturated carbocycles. The molecule has 1 rings (SSSR count). The average Bonchev–Trinajstić information content (AvgIpc) is 2.52. The third kappa shape index (κ3) is 5.77. The molecule has 0 bridgehead atoms. The van der Waals surface area contributed by atoms with Gasteiger partial charge in [0.25, 0.3) is 0 Å². The lowest BCUT2D eigenvalue weighted by atomic mass is 9.89. The summed E-state index contributed by atoms with van der Waals surface area (Å²) in [5.41, 5.74) is 0. The molecule has 1 saturated heterocycles. The van der Waals surface area contributed by atoms with E-state index in [1.165, 1.54) is 6.42 Å². The number of rotatable bonds is 10. The van der Waals surface area contributed by atoms with Crippen molar-refractivity contribution in [3.8, 4) is 0 Å². The summed E-state index contributed by atoms with van der Waals surface area (Å²) in [5, 5.41) is 48.6. The maximum absolute atomic E-state index is 12.0. The van der Waals surface area contributed by atoms with E-state index in [9.17, 15) is 25.2 Å². The van der Waals surface area contributed by atoms with Gasteiger partial charge >= 0.3 is 0 Å².